The Morgan fingerprint density at radius 3 is 2.27 bits per heavy atom. The topological polar surface area (TPSA) is 143 Å². The van der Waals surface area contributed by atoms with Gasteiger partial charge < -0.3 is 15.2 Å². The van der Waals surface area contributed by atoms with Gasteiger partial charge in [0, 0.05) is 33.5 Å². The maximum absolute atomic E-state index is 12.3. The SMILES string of the molecule is COc1cc([N+](=O)[O-])cc(C=NNC(=O)c2ccc(NC(=O)c3ccc(Cl)cc3)cc2)c1O. The molecule has 0 aliphatic rings. The molecule has 0 aromatic heterocycles. The Morgan fingerprint density at radius 1 is 1.06 bits per heavy atom. The standard InChI is InChI=1S/C22H17ClN4O6/c1-33-19-11-18(27(31)32)10-15(20(19)28)12-24-26-22(30)14-4-8-17(9-5-14)25-21(29)13-2-6-16(23)7-3-13/h2-12,28H,1H3,(H,25,29)(H,26,30). The van der Waals surface area contributed by atoms with Crippen LogP contribution in [0.3, 0.4) is 0 Å². The van der Waals surface area contributed by atoms with Crippen molar-refractivity contribution < 1.29 is 24.4 Å². The number of hydrogen-bond donors (Lipinski definition) is 3. The highest BCUT2D eigenvalue weighted by Gasteiger charge is 2.16. The van der Waals surface area contributed by atoms with Gasteiger partial charge in [-0.05, 0) is 48.5 Å². The highest BCUT2D eigenvalue weighted by atomic mass is 35.5. The fraction of sp³-hybridized carbons (Fsp3) is 0.0455. The molecule has 0 atom stereocenters. The van der Waals surface area contributed by atoms with E-state index in [-0.39, 0.29) is 34.2 Å². The number of halogens is 1. The van der Waals surface area contributed by atoms with Crippen LogP contribution in [0.2, 0.25) is 5.02 Å². The Balaban J connectivity index is 1.65. The predicted molar refractivity (Wildman–Crippen MR) is 122 cm³/mol. The number of hydrogen-bond acceptors (Lipinski definition) is 7. The minimum Gasteiger partial charge on any atom is -0.504 e. The molecule has 2 amide bonds. The number of aromatic hydroxyl groups is 1. The third kappa shape index (κ3) is 5.83. The number of benzene rings is 3. The molecule has 3 aromatic carbocycles. The summed E-state index contributed by atoms with van der Waals surface area (Å²) in [6, 6.07) is 14.6. The summed E-state index contributed by atoms with van der Waals surface area (Å²) in [6.45, 7) is 0. The number of anilines is 1. The van der Waals surface area contributed by atoms with Crippen LogP contribution in [-0.4, -0.2) is 35.2 Å². The van der Waals surface area contributed by atoms with E-state index < -0.39 is 10.8 Å². The van der Waals surface area contributed by atoms with Crippen LogP contribution in [-0.2, 0) is 0 Å². The number of nitro groups is 1. The summed E-state index contributed by atoms with van der Waals surface area (Å²) in [5, 5.41) is 28.0. The van der Waals surface area contributed by atoms with Gasteiger partial charge in [0.05, 0.1) is 24.3 Å². The summed E-state index contributed by atoms with van der Waals surface area (Å²) >= 11 is 5.81. The molecule has 3 rings (SSSR count). The summed E-state index contributed by atoms with van der Waals surface area (Å²) in [5.41, 5.74) is 3.09. The van der Waals surface area contributed by atoms with Gasteiger partial charge in [0.25, 0.3) is 17.5 Å². The monoisotopic (exact) mass is 468 g/mol. The van der Waals surface area contributed by atoms with Gasteiger partial charge in [-0.3, -0.25) is 19.7 Å². The second-order valence-corrected chi connectivity index (χ2v) is 7.02. The molecular weight excluding hydrogens is 452 g/mol. The molecule has 0 bridgehead atoms. The van der Waals surface area contributed by atoms with E-state index in [2.05, 4.69) is 15.8 Å². The third-order valence-electron chi connectivity index (χ3n) is 4.40. The van der Waals surface area contributed by atoms with Crippen molar-refractivity contribution in [3.8, 4) is 11.5 Å². The van der Waals surface area contributed by atoms with E-state index in [1.807, 2.05) is 0 Å². The van der Waals surface area contributed by atoms with E-state index >= 15 is 0 Å². The molecular formula is C22H17ClN4O6. The average Bonchev–Trinajstić information content (AvgIpc) is 2.80. The largest absolute Gasteiger partial charge is 0.504 e. The first-order chi connectivity index (χ1) is 15.8. The Hall–Kier alpha value is -4.44. The molecule has 0 fully saturated rings. The molecule has 0 spiro atoms. The van der Waals surface area contributed by atoms with Gasteiger partial charge >= 0.3 is 0 Å². The van der Waals surface area contributed by atoms with E-state index in [0.717, 1.165) is 18.3 Å². The number of nitrogens with zero attached hydrogens (tertiary/aromatic N) is 2. The van der Waals surface area contributed by atoms with E-state index in [0.29, 0.717) is 16.3 Å². The van der Waals surface area contributed by atoms with Crippen molar-refractivity contribution in [2.75, 3.05) is 12.4 Å². The number of carbonyl (C=O) groups excluding carboxylic acids is 2. The summed E-state index contributed by atoms with van der Waals surface area (Å²) in [4.78, 5) is 34.9. The van der Waals surface area contributed by atoms with E-state index in [1.54, 1.807) is 36.4 Å². The second-order valence-electron chi connectivity index (χ2n) is 6.58. The number of methoxy groups -OCH3 is 1. The van der Waals surface area contributed by atoms with Crippen molar-refractivity contribution in [1.29, 1.82) is 0 Å². The number of phenolic OH excluding ortho intramolecular Hbond substituents is 1. The van der Waals surface area contributed by atoms with E-state index in [4.69, 9.17) is 16.3 Å². The van der Waals surface area contributed by atoms with Gasteiger partial charge in [-0.1, -0.05) is 11.6 Å². The maximum Gasteiger partial charge on any atom is 0.274 e. The summed E-state index contributed by atoms with van der Waals surface area (Å²) < 4.78 is 4.91. The molecule has 0 radical (unpaired) electrons. The number of nitro benzene ring substituents is 1. The van der Waals surface area contributed by atoms with E-state index in [1.165, 1.54) is 19.2 Å². The Bertz CT molecular complexity index is 1230. The first kappa shape index (κ1) is 23.2. The third-order valence-corrected chi connectivity index (χ3v) is 4.65. The lowest BCUT2D eigenvalue weighted by atomic mass is 10.1. The second kappa shape index (κ2) is 10.2. The molecule has 3 N–H and O–H groups in total. The number of hydrazone groups is 1. The van der Waals surface area contributed by atoms with Crippen LogP contribution in [0, 0.1) is 10.1 Å². The lowest BCUT2D eigenvalue weighted by Gasteiger charge is -2.07. The van der Waals surface area contributed by atoms with Crippen LogP contribution in [0.15, 0.2) is 65.8 Å². The number of amides is 2. The first-order valence-corrected chi connectivity index (χ1v) is 9.72. The minimum absolute atomic E-state index is 0.0124. The van der Waals surface area contributed by atoms with Gasteiger partial charge in [0.1, 0.15) is 0 Å². The Kier molecular flexibility index (Phi) is 7.21. The number of non-ortho nitro benzene ring substituents is 1. The van der Waals surface area contributed by atoms with Crippen LogP contribution >= 0.6 is 11.6 Å². The Labute approximate surface area is 192 Å². The molecule has 11 heteroatoms. The van der Waals surface area contributed by atoms with E-state index in [9.17, 15) is 24.8 Å². The average molecular weight is 469 g/mol. The summed E-state index contributed by atoms with van der Waals surface area (Å²) in [6.07, 6.45) is 1.06. The number of rotatable bonds is 7. The Morgan fingerprint density at radius 2 is 1.67 bits per heavy atom. The minimum atomic E-state index is -0.648. The van der Waals surface area contributed by atoms with Crippen molar-refractivity contribution in [2.24, 2.45) is 5.10 Å². The van der Waals surface area contributed by atoms with Crippen LogP contribution in [0.1, 0.15) is 26.3 Å². The lowest BCUT2D eigenvalue weighted by Crippen LogP contribution is -2.18. The first-order valence-electron chi connectivity index (χ1n) is 9.34. The van der Waals surface area contributed by atoms with Crippen LogP contribution in [0.4, 0.5) is 11.4 Å². The van der Waals surface area contributed by atoms with Crippen LogP contribution in [0.25, 0.3) is 0 Å². The molecule has 33 heavy (non-hydrogen) atoms. The zero-order valence-corrected chi connectivity index (χ0v) is 17.9. The molecule has 0 saturated heterocycles. The lowest BCUT2D eigenvalue weighted by molar-refractivity contribution is -0.385. The maximum atomic E-state index is 12.3. The van der Waals surface area contributed by atoms with Gasteiger partial charge in [0.2, 0.25) is 0 Å². The normalized spacial score (nSPS) is 10.6. The van der Waals surface area contributed by atoms with Crippen molar-refractivity contribution in [2.45, 2.75) is 0 Å². The quantitative estimate of drug-likeness (QED) is 0.272. The zero-order chi connectivity index (χ0) is 24.0. The fourth-order valence-corrected chi connectivity index (χ4v) is 2.83. The highest BCUT2D eigenvalue weighted by molar-refractivity contribution is 6.30. The molecule has 0 aliphatic heterocycles. The number of ether oxygens (including phenoxy) is 1. The fourth-order valence-electron chi connectivity index (χ4n) is 2.71. The number of carbonyl (C=O) groups is 2. The van der Waals surface area contributed by atoms with Crippen molar-refractivity contribution in [3.63, 3.8) is 0 Å². The van der Waals surface area contributed by atoms with Gasteiger partial charge in [-0.15, -0.1) is 0 Å². The predicted octanol–water partition coefficient (Wildman–Crippen LogP) is 3.98. The molecule has 0 unspecified atom stereocenters. The molecule has 0 saturated carbocycles. The van der Waals surface area contributed by atoms with Crippen molar-refractivity contribution >= 4 is 41.0 Å². The molecule has 10 nitrogen and oxygen atoms in total. The van der Waals surface area contributed by atoms with Crippen molar-refractivity contribution in [1.82, 2.24) is 5.43 Å². The zero-order valence-electron chi connectivity index (χ0n) is 17.1. The summed E-state index contributed by atoms with van der Waals surface area (Å²) in [5.74, 6) is -1.37. The highest BCUT2D eigenvalue weighted by Crippen LogP contribution is 2.33. The number of nitrogens with one attached hydrogen (secondary N) is 2. The van der Waals surface area contributed by atoms with Crippen molar-refractivity contribution in [3.05, 3.63) is 92.5 Å². The van der Waals surface area contributed by atoms with Gasteiger partial charge in [-0.2, -0.15) is 5.10 Å². The molecule has 3 aromatic rings. The molecule has 0 heterocycles. The van der Waals surface area contributed by atoms with Crippen LogP contribution in [0.5, 0.6) is 11.5 Å². The van der Waals surface area contributed by atoms with Gasteiger partial charge in [0.15, 0.2) is 11.5 Å². The summed E-state index contributed by atoms with van der Waals surface area (Å²) in [7, 11) is 1.25. The smallest absolute Gasteiger partial charge is 0.274 e. The molecule has 0 aliphatic carbocycles. The van der Waals surface area contributed by atoms with Crippen LogP contribution < -0.4 is 15.5 Å². The van der Waals surface area contributed by atoms with Gasteiger partial charge in [-0.25, -0.2) is 5.43 Å². The number of phenols is 1. The molecule has 168 valence electrons.